The second kappa shape index (κ2) is 8.87. The molecule has 0 fully saturated rings. The summed E-state index contributed by atoms with van der Waals surface area (Å²) in [7, 11) is 0. The van der Waals surface area contributed by atoms with E-state index in [9.17, 15) is 4.79 Å². The molecule has 0 bridgehead atoms. The van der Waals surface area contributed by atoms with Crippen molar-refractivity contribution in [1.82, 2.24) is 9.78 Å². The molecule has 0 radical (unpaired) electrons. The standard InChI is InChI=1S/C24H28N2O2/c1-17(2)14-15-21-18(3)25-26(19(21)4)24(27)16-28-23-13-9-8-12-22(23)20-10-6-5-7-11-20/h5-13,17H,14-16H2,1-4H3. The zero-order chi connectivity index (χ0) is 20.1. The smallest absolute Gasteiger partial charge is 0.284 e. The van der Waals surface area contributed by atoms with Gasteiger partial charge in [-0.3, -0.25) is 4.79 Å². The Labute approximate surface area is 167 Å². The number of carbonyl (C=O) groups is 1. The van der Waals surface area contributed by atoms with Gasteiger partial charge >= 0.3 is 0 Å². The van der Waals surface area contributed by atoms with Crippen molar-refractivity contribution < 1.29 is 9.53 Å². The maximum absolute atomic E-state index is 12.8. The topological polar surface area (TPSA) is 44.1 Å². The Balaban J connectivity index is 1.75. The highest BCUT2D eigenvalue weighted by Crippen LogP contribution is 2.29. The largest absolute Gasteiger partial charge is 0.483 e. The Morgan fingerprint density at radius 1 is 1.04 bits per heavy atom. The van der Waals surface area contributed by atoms with Crippen LogP contribution >= 0.6 is 0 Å². The van der Waals surface area contributed by atoms with E-state index in [1.54, 1.807) is 0 Å². The predicted molar refractivity (Wildman–Crippen MR) is 113 cm³/mol. The van der Waals surface area contributed by atoms with E-state index in [0.717, 1.165) is 35.4 Å². The highest BCUT2D eigenvalue weighted by atomic mass is 16.5. The number of ether oxygens (including phenoxy) is 1. The molecule has 0 aliphatic carbocycles. The summed E-state index contributed by atoms with van der Waals surface area (Å²) in [6, 6.07) is 17.8. The third-order valence-corrected chi connectivity index (χ3v) is 4.97. The summed E-state index contributed by atoms with van der Waals surface area (Å²) in [6.07, 6.45) is 2.03. The van der Waals surface area contributed by atoms with Crippen LogP contribution in [0.5, 0.6) is 5.75 Å². The van der Waals surface area contributed by atoms with Gasteiger partial charge in [0.25, 0.3) is 5.91 Å². The molecule has 146 valence electrons. The first-order valence-corrected chi connectivity index (χ1v) is 9.83. The molecular weight excluding hydrogens is 348 g/mol. The molecule has 0 atom stereocenters. The van der Waals surface area contributed by atoms with E-state index in [2.05, 4.69) is 18.9 Å². The number of aryl methyl sites for hydroxylation is 1. The maximum Gasteiger partial charge on any atom is 0.284 e. The molecule has 0 aliphatic rings. The van der Waals surface area contributed by atoms with Gasteiger partial charge in [0.2, 0.25) is 0 Å². The van der Waals surface area contributed by atoms with Gasteiger partial charge in [-0.15, -0.1) is 0 Å². The summed E-state index contributed by atoms with van der Waals surface area (Å²) < 4.78 is 7.40. The van der Waals surface area contributed by atoms with E-state index in [4.69, 9.17) is 4.74 Å². The van der Waals surface area contributed by atoms with Crippen LogP contribution in [0.15, 0.2) is 54.6 Å². The van der Waals surface area contributed by atoms with E-state index < -0.39 is 0 Å². The third kappa shape index (κ3) is 4.50. The van der Waals surface area contributed by atoms with Crippen LogP contribution in [0.3, 0.4) is 0 Å². The van der Waals surface area contributed by atoms with Crippen molar-refractivity contribution in [3.63, 3.8) is 0 Å². The number of carbonyl (C=O) groups excluding carboxylic acids is 1. The highest BCUT2D eigenvalue weighted by molar-refractivity contribution is 5.81. The van der Waals surface area contributed by atoms with Gasteiger partial charge in [-0.2, -0.15) is 5.10 Å². The summed E-state index contributed by atoms with van der Waals surface area (Å²) >= 11 is 0. The van der Waals surface area contributed by atoms with Gasteiger partial charge in [0.15, 0.2) is 6.61 Å². The normalized spacial score (nSPS) is 11.0. The Morgan fingerprint density at radius 2 is 1.71 bits per heavy atom. The first kappa shape index (κ1) is 19.9. The molecule has 3 aromatic rings. The molecule has 2 aromatic carbocycles. The molecule has 3 rings (SSSR count). The highest BCUT2D eigenvalue weighted by Gasteiger charge is 2.17. The summed E-state index contributed by atoms with van der Waals surface area (Å²) in [6.45, 7) is 8.30. The summed E-state index contributed by atoms with van der Waals surface area (Å²) in [5, 5.41) is 4.47. The first-order chi connectivity index (χ1) is 13.5. The number of rotatable bonds is 7. The van der Waals surface area contributed by atoms with Crippen molar-refractivity contribution in [1.29, 1.82) is 0 Å². The van der Waals surface area contributed by atoms with Gasteiger partial charge in [0, 0.05) is 11.3 Å². The molecule has 0 amide bonds. The lowest BCUT2D eigenvalue weighted by atomic mass is 10.0. The molecule has 0 saturated heterocycles. The first-order valence-electron chi connectivity index (χ1n) is 9.83. The summed E-state index contributed by atoms with van der Waals surface area (Å²) in [4.78, 5) is 12.8. The minimum Gasteiger partial charge on any atom is -0.483 e. The average Bonchev–Trinajstić information content (AvgIpc) is 2.99. The zero-order valence-electron chi connectivity index (χ0n) is 17.1. The van der Waals surface area contributed by atoms with Gasteiger partial charge in [0.05, 0.1) is 5.69 Å². The van der Waals surface area contributed by atoms with E-state index in [1.165, 1.54) is 10.2 Å². The van der Waals surface area contributed by atoms with Crippen molar-refractivity contribution in [2.75, 3.05) is 6.61 Å². The lowest BCUT2D eigenvalue weighted by Crippen LogP contribution is -2.22. The lowest BCUT2D eigenvalue weighted by molar-refractivity contribution is 0.0818. The second-order valence-electron chi connectivity index (χ2n) is 7.54. The van der Waals surface area contributed by atoms with Crippen molar-refractivity contribution >= 4 is 5.91 Å². The fourth-order valence-corrected chi connectivity index (χ4v) is 3.36. The van der Waals surface area contributed by atoms with Crippen molar-refractivity contribution in [2.45, 2.75) is 40.5 Å². The Kier molecular flexibility index (Phi) is 6.30. The van der Waals surface area contributed by atoms with Crippen molar-refractivity contribution in [2.24, 2.45) is 5.92 Å². The molecular formula is C24H28N2O2. The number of para-hydroxylation sites is 1. The minimum atomic E-state index is -0.153. The van der Waals surface area contributed by atoms with Crippen LogP contribution in [0.1, 0.15) is 42.0 Å². The monoisotopic (exact) mass is 376 g/mol. The number of hydrogen-bond donors (Lipinski definition) is 0. The van der Waals surface area contributed by atoms with Gasteiger partial charge in [-0.25, -0.2) is 4.68 Å². The fourth-order valence-electron chi connectivity index (χ4n) is 3.36. The molecule has 0 spiro atoms. The number of benzene rings is 2. The zero-order valence-corrected chi connectivity index (χ0v) is 17.1. The molecule has 0 N–H and O–H groups in total. The van der Waals surface area contributed by atoms with E-state index >= 15 is 0 Å². The van der Waals surface area contributed by atoms with Crippen LogP contribution in [-0.4, -0.2) is 22.3 Å². The number of hydrogen-bond acceptors (Lipinski definition) is 3. The molecule has 0 saturated carbocycles. The summed E-state index contributed by atoms with van der Waals surface area (Å²) in [5.74, 6) is 1.17. The molecule has 0 unspecified atom stereocenters. The minimum absolute atomic E-state index is 0.0462. The van der Waals surface area contributed by atoms with Crippen LogP contribution in [-0.2, 0) is 6.42 Å². The van der Waals surface area contributed by atoms with Gasteiger partial charge < -0.3 is 4.74 Å². The van der Waals surface area contributed by atoms with Crippen LogP contribution < -0.4 is 4.74 Å². The Hall–Kier alpha value is -2.88. The van der Waals surface area contributed by atoms with Gasteiger partial charge in [-0.05, 0) is 49.8 Å². The lowest BCUT2D eigenvalue weighted by Gasteiger charge is -2.12. The number of nitrogens with zero attached hydrogens (tertiary/aromatic N) is 2. The van der Waals surface area contributed by atoms with Crippen LogP contribution in [0, 0.1) is 19.8 Å². The SMILES string of the molecule is Cc1nn(C(=O)COc2ccccc2-c2ccccc2)c(C)c1CCC(C)C. The molecule has 28 heavy (non-hydrogen) atoms. The van der Waals surface area contributed by atoms with Crippen molar-refractivity contribution in [3.05, 3.63) is 71.5 Å². The van der Waals surface area contributed by atoms with Crippen molar-refractivity contribution in [3.8, 4) is 16.9 Å². The van der Waals surface area contributed by atoms with Crippen LogP contribution in [0.2, 0.25) is 0 Å². The summed E-state index contributed by atoms with van der Waals surface area (Å²) in [5.41, 5.74) is 5.06. The fraction of sp³-hybridized carbons (Fsp3) is 0.333. The van der Waals surface area contributed by atoms with Gasteiger partial charge in [-0.1, -0.05) is 62.4 Å². The Bertz CT molecular complexity index is 942. The number of aromatic nitrogens is 2. The Morgan fingerprint density at radius 3 is 2.43 bits per heavy atom. The van der Waals surface area contributed by atoms with Crippen LogP contribution in [0.4, 0.5) is 0 Å². The van der Waals surface area contributed by atoms with E-state index in [1.807, 2.05) is 68.4 Å². The molecule has 4 nitrogen and oxygen atoms in total. The van der Waals surface area contributed by atoms with E-state index in [-0.39, 0.29) is 12.5 Å². The molecule has 4 heteroatoms. The second-order valence-corrected chi connectivity index (χ2v) is 7.54. The maximum atomic E-state index is 12.8. The van der Waals surface area contributed by atoms with Gasteiger partial charge in [0.1, 0.15) is 5.75 Å². The molecule has 0 aliphatic heterocycles. The van der Waals surface area contributed by atoms with E-state index in [0.29, 0.717) is 11.7 Å². The van der Waals surface area contributed by atoms with Crippen LogP contribution in [0.25, 0.3) is 11.1 Å². The quantitative estimate of drug-likeness (QED) is 0.549. The third-order valence-electron chi connectivity index (χ3n) is 4.97. The average molecular weight is 377 g/mol. The molecule has 1 aromatic heterocycles. The predicted octanol–water partition coefficient (Wildman–Crippen LogP) is 5.47. The molecule has 1 heterocycles.